The van der Waals surface area contributed by atoms with E-state index >= 15 is 0 Å². The Bertz CT molecular complexity index is 1380. The first kappa shape index (κ1) is 29.3. The molecule has 1 aliphatic rings. The Balaban J connectivity index is 1.68. The zero-order valence-corrected chi connectivity index (χ0v) is 24.4. The number of rotatable bonds is 11. The minimum absolute atomic E-state index is 0.103. The molecule has 3 aromatic rings. The first-order valence-electron chi connectivity index (χ1n) is 14.0. The first-order valence-corrected chi connectivity index (χ1v) is 15.4. The van der Waals surface area contributed by atoms with Crippen molar-refractivity contribution in [1.29, 1.82) is 0 Å². The summed E-state index contributed by atoms with van der Waals surface area (Å²) in [6.45, 7) is 5.53. The van der Waals surface area contributed by atoms with Crippen LogP contribution in [0.15, 0.2) is 83.8 Å². The van der Waals surface area contributed by atoms with Crippen LogP contribution in [0.4, 0.5) is 5.69 Å². The molecule has 0 heterocycles. The molecule has 212 valence electrons. The summed E-state index contributed by atoms with van der Waals surface area (Å²) in [6.07, 6.45) is 4.44. The van der Waals surface area contributed by atoms with E-state index in [1.54, 1.807) is 54.6 Å². The summed E-state index contributed by atoms with van der Waals surface area (Å²) >= 11 is 0. The van der Waals surface area contributed by atoms with Crippen LogP contribution in [0.25, 0.3) is 0 Å². The summed E-state index contributed by atoms with van der Waals surface area (Å²) in [6, 6.07) is 22.4. The fourth-order valence-corrected chi connectivity index (χ4v) is 6.55. The monoisotopic (exact) mass is 561 g/mol. The average Bonchev–Trinajstić information content (AvgIpc) is 3.46. The van der Waals surface area contributed by atoms with Gasteiger partial charge < -0.3 is 10.2 Å². The zero-order valence-electron chi connectivity index (χ0n) is 23.5. The molecule has 0 bridgehead atoms. The topological polar surface area (TPSA) is 86.8 Å². The Morgan fingerprint density at radius 2 is 1.45 bits per heavy atom. The molecule has 0 unspecified atom stereocenters. The third kappa shape index (κ3) is 7.10. The van der Waals surface area contributed by atoms with Crippen LogP contribution in [0.3, 0.4) is 0 Å². The van der Waals surface area contributed by atoms with Crippen LogP contribution in [0.2, 0.25) is 0 Å². The van der Waals surface area contributed by atoms with Gasteiger partial charge in [0.2, 0.25) is 11.8 Å². The molecule has 1 fully saturated rings. The predicted octanol–water partition coefficient (Wildman–Crippen LogP) is 5.36. The van der Waals surface area contributed by atoms with Crippen molar-refractivity contribution < 1.29 is 18.0 Å². The number of para-hydroxylation sites is 1. The molecule has 8 heteroatoms. The second-order valence-electron chi connectivity index (χ2n) is 10.6. The van der Waals surface area contributed by atoms with E-state index in [1.807, 2.05) is 45.0 Å². The smallest absolute Gasteiger partial charge is 0.264 e. The van der Waals surface area contributed by atoms with Crippen LogP contribution in [0.5, 0.6) is 0 Å². The maximum absolute atomic E-state index is 14.1. The van der Waals surface area contributed by atoms with Crippen LogP contribution in [-0.2, 0) is 26.2 Å². The number of anilines is 1. The molecule has 3 aromatic carbocycles. The SMILES string of the molecule is CC[C@@H](C(=O)NC1CCCC1)N(Cc1ccc(C)cc1)C(=O)CN(c1ccccc1)S(=O)(=O)c1ccc(C)cc1. The summed E-state index contributed by atoms with van der Waals surface area (Å²) in [5.41, 5.74) is 3.28. The number of carbonyl (C=O) groups excluding carboxylic acids is 2. The lowest BCUT2D eigenvalue weighted by molar-refractivity contribution is -0.140. The number of amides is 2. The van der Waals surface area contributed by atoms with Gasteiger partial charge in [0.25, 0.3) is 10.0 Å². The van der Waals surface area contributed by atoms with Crippen molar-refractivity contribution in [2.75, 3.05) is 10.8 Å². The fraction of sp³-hybridized carbons (Fsp3) is 0.375. The Kier molecular flexibility index (Phi) is 9.63. The van der Waals surface area contributed by atoms with Crippen molar-refractivity contribution in [2.45, 2.75) is 76.4 Å². The third-order valence-electron chi connectivity index (χ3n) is 7.49. The van der Waals surface area contributed by atoms with Crippen LogP contribution in [-0.4, -0.2) is 43.8 Å². The first-order chi connectivity index (χ1) is 19.2. The highest BCUT2D eigenvalue weighted by molar-refractivity contribution is 7.92. The van der Waals surface area contributed by atoms with Gasteiger partial charge in [-0.15, -0.1) is 0 Å². The lowest BCUT2D eigenvalue weighted by Crippen LogP contribution is -2.53. The Hall–Kier alpha value is -3.65. The number of carbonyl (C=O) groups is 2. The summed E-state index contributed by atoms with van der Waals surface area (Å²) in [4.78, 5) is 29.2. The van der Waals surface area contributed by atoms with Gasteiger partial charge in [0.05, 0.1) is 10.6 Å². The van der Waals surface area contributed by atoms with Gasteiger partial charge in [-0.3, -0.25) is 13.9 Å². The van der Waals surface area contributed by atoms with Gasteiger partial charge in [-0.1, -0.05) is 85.5 Å². The lowest BCUT2D eigenvalue weighted by atomic mass is 10.1. The highest BCUT2D eigenvalue weighted by atomic mass is 32.2. The van der Waals surface area contributed by atoms with Crippen LogP contribution >= 0.6 is 0 Å². The van der Waals surface area contributed by atoms with Crippen molar-refractivity contribution in [2.24, 2.45) is 0 Å². The molecule has 7 nitrogen and oxygen atoms in total. The molecule has 2 amide bonds. The predicted molar refractivity (Wildman–Crippen MR) is 158 cm³/mol. The second-order valence-corrected chi connectivity index (χ2v) is 12.4. The van der Waals surface area contributed by atoms with Crippen molar-refractivity contribution in [3.8, 4) is 0 Å². The average molecular weight is 562 g/mol. The van der Waals surface area contributed by atoms with Crippen LogP contribution in [0, 0.1) is 13.8 Å². The molecular weight excluding hydrogens is 522 g/mol. The normalized spacial score (nSPS) is 14.5. The number of hydrogen-bond donors (Lipinski definition) is 1. The van der Waals surface area contributed by atoms with Crippen LogP contribution < -0.4 is 9.62 Å². The highest BCUT2D eigenvalue weighted by Gasteiger charge is 2.34. The molecule has 1 atom stereocenters. The van der Waals surface area contributed by atoms with Gasteiger partial charge >= 0.3 is 0 Å². The molecule has 0 saturated heterocycles. The van der Waals surface area contributed by atoms with E-state index in [4.69, 9.17) is 0 Å². The van der Waals surface area contributed by atoms with Crippen molar-refractivity contribution in [1.82, 2.24) is 10.2 Å². The van der Waals surface area contributed by atoms with Gasteiger partial charge in [0.15, 0.2) is 0 Å². The molecule has 1 N–H and O–H groups in total. The lowest BCUT2D eigenvalue weighted by Gasteiger charge is -2.33. The molecule has 0 radical (unpaired) electrons. The van der Waals surface area contributed by atoms with Crippen molar-refractivity contribution >= 4 is 27.5 Å². The Morgan fingerprint density at radius 3 is 2.02 bits per heavy atom. The van der Waals surface area contributed by atoms with Crippen molar-refractivity contribution in [3.05, 3.63) is 95.6 Å². The van der Waals surface area contributed by atoms with E-state index in [0.29, 0.717) is 12.1 Å². The van der Waals surface area contributed by atoms with Crippen LogP contribution in [0.1, 0.15) is 55.7 Å². The molecule has 0 aliphatic heterocycles. The fourth-order valence-electron chi connectivity index (χ4n) is 5.14. The van der Waals surface area contributed by atoms with Gasteiger partial charge in [0, 0.05) is 12.6 Å². The summed E-state index contributed by atoms with van der Waals surface area (Å²) in [5.74, 6) is -0.629. The van der Waals surface area contributed by atoms with Gasteiger partial charge in [-0.25, -0.2) is 8.42 Å². The van der Waals surface area contributed by atoms with Crippen molar-refractivity contribution in [3.63, 3.8) is 0 Å². The molecule has 0 aromatic heterocycles. The molecule has 0 spiro atoms. The maximum atomic E-state index is 14.1. The van der Waals surface area contributed by atoms with Gasteiger partial charge in [-0.2, -0.15) is 0 Å². The van der Waals surface area contributed by atoms with E-state index in [2.05, 4.69) is 5.32 Å². The number of aryl methyl sites for hydroxylation is 2. The molecule has 40 heavy (non-hydrogen) atoms. The van der Waals surface area contributed by atoms with Gasteiger partial charge in [0.1, 0.15) is 12.6 Å². The number of nitrogens with one attached hydrogen (secondary N) is 1. The Morgan fingerprint density at radius 1 is 0.875 bits per heavy atom. The highest BCUT2D eigenvalue weighted by Crippen LogP contribution is 2.25. The van der Waals surface area contributed by atoms with Gasteiger partial charge in [-0.05, 0) is 62.9 Å². The number of sulfonamides is 1. The minimum Gasteiger partial charge on any atom is -0.352 e. The molecule has 4 rings (SSSR count). The largest absolute Gasteiger partial charge is 0.352 e. The van der Waals surface area contributed by atoms with E-state index in [1.165, 1.54) is 4.90 Å². The molecule has 1 saturated carbocycles. The second kappa shape index (κ2) is 13.1. The Labute approximate surface area is 238 Å². The summed E-state index contributed by atoms with van der Waals surface area (Å²) in [5, 5.41) is 3.14. The molecular formula is C32H39N3O4S. The van der Waals surface area contributed by atoms with E-state index in [0.717, 1.165) is 46.7 Å². The zero-order chi connectivity index (χ0) is 28.7. The molecule has 1 aliphatic carbocycles. The summed E-state index contributed by atoms with van der Waals surface area (Å²) < 4.78 is 28.9. The summed E-state index contributed by atoms with van der Waals surface area (Å²) in [7, 11) is -4.06. The quantitative estimate of drug-likeness (QED) is 0.341. The standard InChI is InChI=1S/C32H39N3O4S/c1-4-30(32(37)33-27-10-8-9-11-27)34(22-26-18-14-24(2)15-19-26)31(36)23-35(28-12-6-5-7-13-28)40(38,39)29-20-16-25(3)17-21-29/h5-7,12-21,27,30H,4,8-11,22-23H2,1-3H3,(H,33,37)/t30-/m0/s1. The van der Waals surface area contributed by atoms with E-state index in [-0.39, 0.29) is 23.4 Å². The van der Waals surface area contributed by atoms with E-state index < -0.39 is 28.5 Å². The number of hydrogen-bond acceptors (Lipinski definition) is 4. The number of nitrogens with zero attached hydrogens (tertiary/aromatic N) is 2. The van der Waals surface area contributed by atoms with E-state index in [9.17, 15) is 18.0 Å². The third-order valence-corrected chi connectivity index (χ3v) is 9.28. The number of benzene rings is 3. The maximum Gasteiger partial charge on any atom is 0.264 e. The minimum atomic E-state index is -4.06.